The summed E-state index contributed by atoms with van der Waals surface area (Å²) in [6.07, 6.45) is 0.755. The maximum atomic E-state index is 13.0. The van der Waals surface area contributed by atoms with E-state index in [1.54, 1.807) is 19.1 Å². The second kappa shape index (κ2) is 9.59. The molecule has 1 N–H and O–H groups in total. The van der Waals surface area contributed by atoms with E-state index in [9.17, 15) is 9.59 Å². The Hall–Kier alpha value is -3.42. The summed E-state index contributed by atoms with van der Waals surface area (Å²) in [4.78, 5) is 27.2. The van der Waals surface area contributed by atoms with Gasteiger partial charge in [0.2, 0.25) is 17.6 Å². The molecule has 0 spiro atoms. The monoisotopic (exact) mass is 428 g/mol. The van der Waals surface area contributed by atoms with Gasteiger partial charge >= 0.3 is 0 Å². The summed E-state index contributed by atoms with van der Waals surface area (Å²) in [7, 11) is 7.78. The first-order valence-corrected chi connectivity index (χ1v) is 9.95. The molecule has 2 amide bonds. The van der Waals surface area contributed by atoms with E-state index in [2.05, 4.69) is 5.32 Å². The van der Waals surface area contributed by atoms with Crippen molar-refractivity contribution in [2.45, 2.75) is 24.9 Å². The van der Waals surface area contributed by atoms with Crippen molar-refractivity contribution >= 4 is 11.8 Å². The van der Waals surface area contributed by atoms with Gasteiger partial charge in [0.1, 0.15) is 11.8 Å². The Morgan fingerprint density at radius 3 is 2.06 bits per heavy atom. The maximum Gasteiger partial charge on any atom is 0.242 e. The minimum atomic E-state index is -0.580. The summed E-state index contributed by atoms with van der Waals surface area (Å²) in [6.45, 7) is 0. The van der Waals surface area contributed by atoms with Crippen LogP contribution >= 0.6 is 0 Å². The molecular formula is C23H28N2O6. The van der Waals surface area contributed by atoms with E-state index in [0.717, 1.165) is 11.1 Å². The quantitative estimate of drug-likeness (QED) is 0.696. The Labute approximate surface area is 182 Å². The number of amides is 2. The van der Waals surface area contributed by atoms with Crippen LogP contribution in [0.2, 0.25) is 0 Å². The third kappa shape index (κ3) is 4.23. The van der Waals surface area contributed by atoms with Gasteiger partial charge in [-0.15, -0.1) is 0 Å². The highest BCUT2D eigenvalue weighted by molar-refractivity contribution is 5.91. The Balaban J connectivity index is 2.21. The van der Waals surface area contributed by atoms with E-state index in [-0.39, 0.29) is 11.8 Å². The Morgan fingerprint density at radius 2 is 1.58 bits per heavy atom. The van der Waals surface area contributed by atoms with Crippen LogP contribution in [0, 0.1) is 0 Å². The fourth-order valence-electron chi connectivity index (χ4n) is 4.01. The van der Waals surface area contributed by atoms with Gasteiger partial charge < -0.3 is 29.2 Å². The number of hydrogen-bond acceptors (Lipinski definition) is 6. The third-order valence-corrected chi connectivity index (χ3v) is 5.52. The first kappa shape index (κ1) is 22.3. The number of hydrogen-bond donors (Lipinski definition) is 1. The Bertz CT molecular complexity index is 919. The van der Waals surface area contributed by atoms with Crippen LogP contribution in [-0.4, -0.2) is 58.2 Å². The zero-order valence-electron chi connectivity index (χ0n) is 18.4. The molecule has 0 radical (unpaired) electrons. The van der Waals surface area contributed by atoms with E-state index in [0.29, 0.717) is 35.8 Å². The molecule has 8 heteroatoms. The van der Waals surface area contributed by atoms with Gasteiger partial charge in [0.25, 0.3) is 0 Å². The van der Waals surface area contributed by atoms with Gasteiger partial charge in [0, 0.05) is 13.5 Å². The minimum absolute atomic E-state index is 0.0943. The van der Waals surface area contributed by atoms with Gasteiger partial charge in [0.15, 0.2) is 11.5 Å². The van der Waals surface area contributed by atoms with Gasteiger partial charge in [-0.25, -0.2) is 0 Å². The summed E-state index contributed by atoms with van der Waals surface area (Å²) in [6, 6.07) is 9.94. The zero-order valence-corrected chi connectivity index (χ0v) is 18.4. The lowest BCUT2D eigenvalue weighted by atomic mass is 9.95. The van der Waals surface area contributed by atoms with E-state index >= 15 is 0 Å². The molecule has 1 aliphatic heterocycles. The molecule has 31 heavy (non-hydrogen) atoms. The molecule has 2 aromatic carbocycles. The average molecular weight is 428 g/mol. The van der Waals surface area contributed by atoms with Gasteiger partial charge in [-0.05, 0) is 41.8 Å². The topological polar surface area (TPSA) is 86.3 Å². The van der Waals surface area contributed by atoms with Crippen molar-refractivity contribution in [2.24, 2.45) is 0 Å². The molecule has 1 heterocycles. The third-order valence-electron chi connectivity index (χ3n) is 5.52. The highest BCUT2D eigenvalue weighted by atomic mass is 16.5. The number of carbonyl (C=O) groups excluding carboxylic acids is 2. The Morgan fingerprint density at radius 1 is 0.968 bits per heavy atom. The SMILES string of the molecule is CNC(=O)C1CCC(=O)N1C(c1ccc(OC)cc1)c1cc(OC)c(OC)c(OC)c1. The number of methoxy groups -OCH3 is 4. The molecular weight excluding hydrogens is 400 g/mol. The molecule has 8 nitrogen and oxygen atoms in total. The van der Waals surface area contributed by atoms with E-state index in [1.807, 2.05) is 36.4 Å². The number of nitrogens with one attached hydrogen (secondary N) is 1. The van der Waals surface area contributed by atoms with Crippen LogP contribution in [0.25, 0.3) is 0 Å². The molecule has 0 aromatic heterocycles. The van der Waals surface area contributed by atoms with Crippen molar-refractivity contribution in [3.05, 3.63) is 47.5 Å². The fraction of sp³-hybridized carbons (Fsp3) is 0.391. The number of ether oxygens (including phenoxy) is 4. The molecule has 166 valence electrons. The van der Waals surface area contributed by atoms with Gasteiger partial charge in [-0.3, -0.25) is 9.59 Å². The number of likely N-dealkylation sites (N-methyl/N-ethyl adjacent to an activating group) is 1. The second-order valence-electron chi connectivity index (χ2n) is 7.10. The van der Waals surface area contributed by atoms with Gasteiger partial charge in [-0.1, -0.05) is 12.1 Å². The van der Waals surface area contributed by atoms with Crippen LogP contribution < -0.4 is 24.3 Å². The van der Waals surface area contributed by atoms with Crippen LogP contribution in [0.3, 0.4) is 0 Å². The largest absolute Gasteiger partial charge is 0.497 e. The summed E-state index contributed by atoms with van der Waals surface area (Å²) in [5, 5.41) is 2.67. The van der Waals surface area contributed by atoms with Crippen molar-refractivity contribution in [2.75, 3.05) is 35.5 Å². The number of carbonyl (C=O) groups is 2. The molecule has 0 saturated carbocycles. The van der Waals surface area contributed by atoms with Crippen LogP contribution in [0.15, 0.2) is 36.4 Å². The van der Waals surface area contributed by atoms with Crippen LogP contribution in [0.5, 0.6) is 23.0 Å². The van der Waals surface area contributed by atoms with E-state index in [1.165, 1.54) is 21.3 Å². The van der Waals surface area contributed by atoms with Crippen molar-refractivity contribution < 1.29 is 28.5 Å². The molecule has 0 aliphatic carbocycles. The summed E-state index contributed by atoms with van der Waals surface area (Å²) in [5.74, 6) is 1.80. The van der Waals surface area contributed by atoms with Crippen molar-refractivity contribution in [1.29, 1.82) is 0 Å². The standard InChI is InChI=1S/C23H28N2O6/c1-24-23(27)17-10-11-20(26)25(17)21(14-6-8-16(28-2)9-7-14)15-12-18(29-3)22(31-5)19(13-15)30-4/h6-9,12-13,17,21H,10-11H2,1-5H3,(H,24,27). The molecule has 2 aromatic rings. The van der Waals surface area contributed by atoms with Crippen molar-refractivity contribution in [1.82, 2.24) is 10.2 Å². The number of rotatable bonds is 8. The Kier molecular flexibility index (Phi) is 6.89. The zero-order chi connectivity index (χ0) is 22.5. The lowest BCUT2D eigenvalue weighted by molar-refractivity contribution is -0.136. The fourth-order valence-corrected chi connectivity index (χ4v) is 4.01. The molecule has 2 unspecified atom stereocenters. The number of benzene rings is 2. The smallest absolute Gasteiger partial charge is 0.242 e. The molecule has 0 bridgehead atoms. The molecule has 1 saturated heterocycles. The highest BCUT2D eigenvalue weighted by Crippen LogP contribution is 2.44. The maximum absolute atomic E-state index is 13.0. The molecule has 1 fully saturated rings. The predicted molar refractivity (Wildman–Crippen MR) is 115 cm³/mol. The highest BCUT2D eigenvalue weighted by Gasteiger charge is 2.41. The average Bonchev–Trinajstić information content (AvgIpc) is 3.19. The first-order valence-electron chi connectivity index (χ1n) is 9.95. The van der Waals surface area contributed by atoms with Gasteiger partial charge in [0.05, 0.1) is 34.5 Å². The van der Waals surface area contributed by atoms with Crippen LogP contribution in [0.4, 0.5) is 0 Å². The first-order chi connectivity index (χ1) is 15.0. The van der Waals surface area contributed by atoms with Crippen LogP contribution in [0.1, 0.15) is 30.0 Å². The normalized spacial score (nSPS) is 16.6. The van der Waals surface area contributed by atoms with Crippen molar-refractivity contribution in [3.8, 4) is 23.0 Å². The van der Waals surface area contributed by atoms with E-state index < -0.39 is 12.1 Å². The minimum Gasteiger partial charge on any atom is -0.497 e. The summed E-state index contributed by atoms with van der Waals surface area (Å²) < 4.78 is 21.8. The summed E-state index contributed by atoms with van der Waals surface area (Å²) in [5.41, 5.74) is 1.57. The summed E-state index contributed by atoms with van der Waals surface area (Å²) >= 11 is 0. The second-order valence-corrected chi connectivity index (χ2v) is 7.10. The number of nitrogens with zero attached hydrogens (tertiary/aromatic N) is 1. The number of likely N-dealkylation sites (tertiary alicyclic amines) is 1. The molecule has 3 rings (SSSR count). The lowest BCUT2D eigenvalue weighted by Gasteiger charge is -2.34. The van der Waals surface area contributed by atoms with Crippen molar-refractivity contribution in [3.63, 3.8) is 0 Å². The van der Waals surface area contributed by atoms with Gasteiger partial charge in [-0.2, -0.15) is 0 Å². The predicted octanol–water partition coefficient (Wildman–Crippen LogP) is 2.55. The molecule has 1 aliphatic rings. The molecule has 2 atom stereocenters. The van der Waals surface area contributed by atoms with Crippen LogP contribution in [-0.2, 0) is 9.59 Å². The van der Waals surface area contributed by atoms with E-state index in [4.69, 9.17) is 18.9 Å². The lowest BCUT2D eigenvalue weighted by Crippen LogP contribution is -2.45.